The molecule has 6 nitrogen and oxygen atoms in total. The second-order valence-corrected chi connectivity index (χ2v) is 7.25. The number of phenolic OH excluding ortho intramolecular Hbond substituents is 1. The molecule has 0 spiro atoms. The maximum absolute atomic E-state index is 12.7. The highest BCUT2D eigenvalue weighted by molar-refractivity contribution is 6.39. The fraction of sp³-hybridized carbons (Fsp3) is 0.125. The minimum Gasteiger partial charge on any atom is -0.507 e. The van der Waals surface area contributed by atoms with Gasteiger partial charge in [0.05, 0.1) is 6.21 Å². The number of hydrogen-bond donors (Lipinski definition) is 3. The summed E-state index contributed by atoms with van der Waals surface area (Å²) in [6, 6.07) is 25.1. The molecule has 30 heavy (non-hydrogen) atoms. The molecule has 0 atom stereocenters. The van der Waals surface area contributed by atoms with Gasteiger partial charge in [0.25, 0.3) is 5.91 Å². The second kappa shape index (κ2) is 8.21. The van der Waals surface area contributed by atoms with Crippen LogP contribution < -0.4 is 10.9 Å². The lowest BCUT2D eigenvalue weighted by molar-refractivity contribution is -0.114. The van der Waals surface area contributed by atoms with E-state index < -0.39 is 5.54 Å². The molecule has 0 saturated heterocycles. The van der Waals surface area contributed by atoms with Gasteiger partial charge in [-0.3, -0.25) is 10.2 Å². The number of hydrazone groups is 2. The molecule has 1 aliphatic heterocycles. The fourth-order valence-corrected chi connectivity index (χ4v) is 3.57. The number of benzene rings is 3. The lowest BCUT2D eigenvalue weighted by atomic mass is 9.80. The van der Waals surface area contributed by atoms with Crippen LogP contribution in [0.4, 0.5) is 0 Å². The van der Waals surface area contributed by atoms with E-state index in [2.05, 4.69) is 21.1 Å². The second-order valence-electron chi connectivity index (χ2n) is 7.25. The predicted octanol–water partition coefficient (Wildman–Crippen LogP) is 3.44. The average Bonchev–Trinajstić information content (AvgIpc) is 3.24. The predicted molar refractivity (Wildman–Crippen MR) is 117 cm³/mol. The molecule has 150 valence electrons. The molecule has 3 aromatic carbocycles. The van der Waals surface area contributed by atoms with Crippen molar-refractivity contribution < 1.29 is 9.90 Å². The number of hydrogen-bond acceptors (Lipinski definition) is 5. The summed E-state index contributed by atoms with van der Waals surface area (Å²) in [5.41, 5.74) is 9.01. The molecule has 0 fully saturated rings. The summed E-state index contributed by atoms with van der Waals surface area (Å²) < 4.78 is 0. The van der Waals surface area contributed by atoms with E-state index in [1.807, 2.05) is 67.6 Å². The van der Waals surface area contributed by atoms with Crippen LogP contribution in [0.5, 0.6) is 5.75 Å². The van der Waals surface area contributed by atoms with Gasteiger partial charge in [0.1, 0.15) is 17.0 Å². The zero-order valence-corrected chi connectivity index (χ0v) is 16.5. The van der Waals surface area contributed by atoms with Gasteiger partial charge in [0, 0.05) is 12.0 Å². The van der Waals surface area contributed by atoms with E-state index in [-0.39, 0.29) is 11.7 Å². The van der Waals surface area contributed by atoms with Gasteiger partial charge < -0.3 is 5.11 Å². The zero-order chi connectivity index (χ0) is 21.0. The summed E-state index contributed by atoms with van der Waals surface area (Å²) in [6.45, 7) is 1.92. The molecule has 0 unspecified atom stereocenters. The summed E-state index contributed by atoms with van der Waals surface area (Å²) in [4.78, 5) is 12.7. The van der Waals surface area contributed by atoms with Crippen molar-refractivity contribution in [3.8, 4) is 5.75 Å². The molecule has 4 rings (SSSR count). The molecular formula is C24H22N4O2. The first-order valence-corrected chi connectivity index (χ1v) is 9.66. The molecule has 0 aromatic heterocycles. The monoisotopic (exact) mass is 398 g/mol. The van der Waals surface area contributed by atoms with Gasteiger partial charge in [0.2, 0.25) is 0 Å². The molecular weight excluding hydrogens is 376 g/mol. The Labute approximate surface area is 175 Å². The van der Waals surface area contributed by atoms with E-state index in [9.17, 15) is 9.90 Å². The Bertz CT molecular complexity index is 1070. The first-order valence-electron chi connectivity index (χ1n) is 9.66. The lowest BCUT2D eigenvalue weighted by Crippen LogP contribution is -2.38. The molecule has 6 heteroatoms. The average molecular weight is 398 g/mol. The first-order chi connectivity index (χ1) is 14.6. The van der Waals surface area contributed by atoms with Crippen LogP contribution in [0.2, 0.25) is 0 Å². The zero-order valence-electron chi connectivity index (χ0n) is 16.5. The van der Waals surface area contributed by atoms with E-state index in [4.69, 9.17) is 0 Å². The van der Waals surface area contributed by atoms with Crippen LogP contribution in [-0.2, 0) is 10.3 Å². The third kappa shape index (κ3) is 3.80. The van der Waals surface area contributed by atoms with Gasteiger partial charge in [-0.15, -0.1) is 0 Å². The van der Waals surface area contributed by atoms with Crippen molar-refractivity contribution in [2.24, 2.45) is 10.2 Å². The quantitative estimate of drug-likeness (QED) is 0.455. The van der Waals surface area contributed by atoms with Crippen LogP contribution in [0.15, 0.2) is 89.1 Å². The van der Waals surface area contributed by atoms with Crippen LogP contribution in [0.25, 0.3) is 0 Å². The van der Waals surface area contributed by atoms with Crippen molar-refractivity contribution in [1.29, 1.82) is 0 Å². The van der Waals surface area contributed by atoms with Crippen LogP contribution in [0, 0.1) is 6.92 Å². The molecule has 1 amide bonds. The minimum atomic E-state index is -0.617. The standard InChI is InChI=1S/C24H22N4O2/c1-17-12-13-22(29)18(14-17)16-25-27-23(30)21-15-24(28-26-21,19-8-4-2-5-9-19)20-10-6-3-7-11-20/h2-14,16,28-29H,15H2,1H3,(H,27,30)/b25-16+. The Morgan fingerprint density at radius 1 is 1.07 bits per heavy atom. The van der Waals surface area contributed by atoms with Gasteiger partial charge >= 0.3 is 0 Å². The van der Waals surface area contributed by atoms with Crippen LogP contribution in [-0.4, -0.2) is 22.9 Å². The van der Waals surface area contributed by atoms with Crippen LogP contribution in [0.3, 0.4) is 0 Å². The third-order valence-electron chi connectivity index (χ3n) is 5.16. The van der Waals surface area contributed by atoms with Crippen molar-refractivity contribution in [2.75, 3.05) is 0 Å². The molecule has 3 aromatic rings. The highest BCUT2D eigenvalue weighted by Crippen LogP contribution is 2.36. The number of phenols is 1. The molecule has 1 heterocycles. The molecule has 0 bridgehead atoms. The van der Waals surface area contributed by atoms with Crippen molar-refractivity contribution in [3.63, 3.8) is 0 Å². The summed E-state index contributed by atoms with van der Waals surface area (Å²) >= 11 is 0. The molecule has 1 aliphatic rings. The number of carbonyl (C=O) groups excluding carboxylic acids is 1. The minimum absolute atomic E-state index is 0.102. The van der Waals surface area contributed by atoms with Crippen molar-refractivity contribution in [3.05, 3.63) is 101 Å². The Kier molecular flexibility index (Phi) is 5.30. The highest BCUT2D eigenvalue weighted by atomic mass is 16.3. The van der Waals surface area contributed by atoms with Crippen LogP contribution >= 0.6 is 0 Å². The summed E-state index contributed by atoms with van der Waals surface area (Å²) in [6.07, 6.45) is 1.81. The number of carbonyl (C=O) groups is 1. The number of nitrogens with zero attached hydrogens (tertiary/aromatic N) is 2. The van der Waals surface area contributed by atoms with Gasteiger partial charge in [-0.2, -0.15) is 10.2 Å². The Morgan fingerprint density at radius 3 is 2.33 bits per heavy atom. The molecule has 0 radical (unpaired) electrons. The largest absolute Gasteiger partial charge is 0.507 e. The van der Waals surface area contributed by atoms with Gasteiger partial charge in [0.15, 0.2) is 0 Å². The van der Waals surface area contributed by atoms with E-state index in [0.29, 0.717) is 17.7 Å². The lowest BCUT2D eigenvalue weighted by Gasteiger charge is -2.30. The van der Waals surface area contributed by atoms with Gasteiger partial charge in [-0.05, 0) is 30.2 Å². The fourth-order valence-electron chi connectivity index (χ4n) is 3.57. The Balaban J connectivity index is 1.53. The van der Waals surface area contributed by atoms with Gasteiger partial charge in [-0.1, -0.05) is 72.3 Å². The molecule has 0 aliphatic carbocycles. The number of rotatable bonds is 5. The summed E-state index contributed by atoms with van der Waals surface area (Å²) in [5.74, 6) is -0.287. The number of aromatic hydroxyl groups is 1. The third-order valence-corrected chi connectivity index (χ3v) is 5.16. The van der Waals surface area contributed by atoms with E-state index in [1.165, 1.54) is 6.21 Å². The maximum atomic E-state index is 12.7. The summed E-state index contributed by atoms with van der Waals surface area (Å²) in [7, 11) is 0. The highest BCUT2D eigenvalue weighted by Gasteiger charge is 2.41. The van der Waals surface area contributed by atoms with Crippen molar-refractivity contribution >= 4 is 17.8 Å². The normalized spacial score (nSPS) is 14.9. The van der Waals surface area contributed by atoms with E-state index in [0.717, 1.165) is 16.7 Å². The van der Waals surface area contributed by atoms with Crippen molar-refractivity contribution in [1.82, 2.24) is 10.9 Å². The molecule has 0 saturated carbocycles. The SMILES string of the molecule is Cc1ccc(O)c(/C=N/NC(=O)C2=NNC(c3ccccc3)(c3ccccc3)C2)c1. The topological polar surface area (TPSA) is 86.1 Å². The first kappa shape index (κ1) is 19.4. The maximum Gasteiger partial charge on any atom is 0.287 e. The number of amides is 1. The smallest absolute Gasteiger partial charge is 0.287 e. The Morgan fingerprint density at radius 2 is 1.70 bits per heavy atom. The molecule has 3 N–H and O–H groups in total. The van der Waals surface area contributed by atoms with E-state index >= 15 is 0 Å². The van der Waals surface area contributed by atoms with E-state index in [1.54, 1.807) is 18.2 Å². The summed E-state index contributed by atoms with van der Waals surface area (Å²) in [5, 5.41) is 18.2. The van der Waals surface area contributed by atoms with Crippen molar-refractivity contribution in [2.45, 2.75) is 18.9 Å². The van der Waals surface area contributed by atoms with Crippen LogP contribution in [0.1, 0.15) is 28.7 Å². The number of nitrogens with one attached hydrogen (secondary N) is 2. The van der Waals surface area contributed by atoms with Gasteiger partial charge in [-0.25, -0.2) is 5.43 Å². The number of aryl methyl sites for hydroxylation is 1. The Hall–Kier alpha value is -3.93.